The van der Waals surface area contributed by atoms with Crippen LogP contribution in [0.2, 0.25) is 0 Å². The van der Waals surface area contributed by atoms with Gasteiger partial charge in [-0.15, -0.1) is 0 Å². The second-order valence-corrected chi connectivity index (χ2v) is 3.60. The molecule has 0 saturated carbocycles. The van der Waals surface area contributed by atoms with Crippen molar-refractivity contribution in [3.63, 3.8) is 0 Å². The molecule has 0 aliphatic carbocycles. The fraction of sp³-hybridized carbons (Fsp3) is 0.600. The molecule has 1 rings (SSSR count). The summed E-state index contributed by atoms with van der Waals surface area (Å²) in [4.78, 5) is 22.5. The quantitative estimate of drug-likeness (QED) is 0.753. The van der Waals surface area contributed by atoms with Gasteiger partial charge >= 0.3 is 5.97 Å². The maximum Gasteiger partial charge on any atom is 0.327 e. The SMILES string of the molecule is CCOC(=O)Cn1[nH]c(C(C)C)cc1=O. The molecule has 15 heavy (non-hydrogen) atoms. The fourth-order valence-electron chi connectivity index (χ4n) is 1.20. The third kappa shape index (κ3) is 2.97. The largest absolute Gasteiger partial charge is 0.465 e. The summed E-state index contributed by atoms with van der Waals surface area (Å²) < 4.78 is 6.01. The number of rotatable bonds is 4. The number of hydrogen-bond acceptors (Lipinski definition) is 3. The molecular formula is C10H16N2O3. The summed E-state index contributed by atoms with van der Waals surface area (Å²) in [6.45, 7) is 5.94. The average molecular weight is 212 g/mol. The topological polar surface area (TPSA) is 64.1 Å². The van der Waals surface area contributed by atoms with Crippen molar-refractivity contribution in [3.05, 3.63) is 22.1 Å². The number of hydrogen-bond donors (Lipinski definition) is 1. The van der Waals surface area contributed by atoms with E-state index in [1.807, 2.05) is 13.8 Å². The zero-order valence-electron chi connectivity index (χ0n) is 9.24. The molecule has 1 aromatic rings. The lowest BCUT2D eigenvalue weighted by molar-refractivity contribution is -0.144. The normalized spacial score (nSPS) is 10.7. The van der Waals surface area contributed by atoms with Crippen LogP contribution in [0.1, 0.15) is 32.4 Å². The minimum Gasteiger partial charge on any atom is -0.465 e. The maximum atomic E-state index is 11.4. The van der Waals surface area contributed by atoms with E-state index in [4.69, 9.17) is 4.74 Å². The zero-order valence-corrected chi connectivity index (χ0v) is 9.24. The lowest BCUT2D eigenvalue weighted by Crippen LogP contribution is -2.22. The number of H-pyrrole nitrogens is 1. The van der Waals surface area contributed by atoms with Gasteiger partial charge in [0.2, 0.25) is 0 Å². The van der Waals surface area contributed by atoms with Gasteiger partial charge in [-0.3, -0.25) is 14.7 Å². The van der Waals surface area contributed by atoms with Crippen molar-refractivity contribution in [2.24, 2.45) is 0 Å². The Morgan fingerprint density at radius 1 is 1.60 bits per heavy atom. The predicted molar refractivity (Wildman–Crippen MR) is 55.8 cm³/mol. The van der Waals surface area contributed by atoms with Crippen LogP contribution in [0.15, 0.2) is 10.9 Å². The summed E-state index contributed by atoms with van der Waals surface area (Å²) in [5.74, 6) is -0.169. The second-order valence-electron chi connectivity index (χ2n) is 3.60. The summed E-state index contributed by atoms with van der Waals surface area (Å²) in [7, 11) is 0. The number of nitrogens with one attached hydrogen (secondary N) is 1. The monoisotopic (exact) mass is 212 g/mol. The average Bonchev–Trinajstić information content (AvgIpc) is 2.48. The molecule has 5 nitrogen and oxygen atoms in total. The molecule has 0 bridgehead atoms. The Balaban J connectivity index is 2.78. The van der Waals surface area contributed by atoms with E-state index in [1.54, 1.807) is 6.92 Å². The van der Waals surface area contributed by atoms with Crippen molar-refractivity contribution in [2.75, 3.05) is 6.61 Å². The predicted octanol–water partition coefficient (Wildman–Crippen LogP) is 0.863. The maximum absolute atomic E-state index is 11.4. The van der Waals surface area contributed by atoms with Gasteiger partial charge in [-0.1, -0.05) is 13.8 Å². The van der Waals surface area contributed by atoms with Crippen LogP contribution >= 0.6 is 0 Å². The van der Waals surface area contributed by atoms with Gasteiger partial charge in [-0.2, -0.15) is 0 Å². The Hall–Kier alpha value is -1.52. The smallest absolute Gasteiger partial charge is 0.327 e. The van der Waals surface area contributed by atoms with Crippen LogP contribution in [0.3, 0.4) is 0 Å². The van der Waals surface area contributed by atoms with Gasteiger partial charge < -0.3 is 4.74 Å². The van der Waals surface area contributed by atoms with Gasteiger partial charge in [0.1, 0.15) is 6.54 Å². The molecule has 1 heterocycles. The summed E-state index contributed by atoms with van der Waals surface area (Å²) in [6.07, 6.45) is 0. The summed E-state index contributed by atoms with van der Waals surface area (Å²) >= 11 is 0. The van der Waals surface area contributed by atoms with Crippen LogP contribution in [-0.2, 0) is 16.1 Å². The highest BCUT2D eigenvalue weighted by molar-refractivity contribution is 5.68. The third-order valence-electron chi connectivity index (χ3n) is 2.02. The van der Waals surface area contributed by atoms with Crippen molar-refractivity contribution in [1.82, 2.24) is 9.78 Å². The van der Waals surface area contributed by atoms with Gasteiger partial charge in [0.25, 0.3) is 5.56 Å². The highest BCUT2D eigenvalue weighted by Crippen LogP contribution is 2.07. The molecule has 0 saturated heterocycles. The molecular weight excluding hydrogens is 196 g/mol. The molecule has 0 aliphatic heterocycles. The lowest BCUT2D eigenvalue weighted by Gasteiger charge is -2.03. The summed E-state index contributed by atoms with van der Waals surface area (Å²) in [5.41, 5.74) is 0.621. The van der Waals surface area contributed by atoms with E-state index in [9.17, 15) is 9.59 Å². The molecule has 0 fully saturated rings. The first-order valence-electron chi connectivity index (χ1n) is 5.00. The highest BCUT2D eigenvalue weighted by atomic mass is 16.5. The molecule has 84 valence electrons. The molecule has 5 heteroatoms. The van der Waals surface area contributed by atoms with Crippen LogP contribution in [-0.4, -0.2) is 22.4 Å². The van der Waals surface area contributed by atoms with Crippen molar-refractivity contribution < 1.29 is 9.53 Å². The molecule has 0 aromatic carbocycles. The molecule has 1 aromatic heterocycles. The van der Waals surface area contributed by atoms with Crippen LogP contribution in [0.4, 0.5) is 0 Å². The van der Waals surface area contributed by atoms with Crippen LogP contribution < -0.4 is 5.56 Å². The van der Waals surface area contributed by atoms with Crippen LogP contribution in [0.25, 0.3) is 0 Å². The number of ether oxygens (including phenoxy) is 1. The standard InChI is InChI=1S/C10H16N2O3/c1-4-15-10(14)6-12-9(13)5-8(11-12)7(2)3/h5,7,11H,4,6H2,1-3H3. The Morgan fingerprint density at radius 2 is 2.27 bits per heavy atom. The lowest BCUT2D eigenvalue weighted by atomic mass is 10.1. The first-order valence-corrected chi connectivity index (χ1v) is 5.00. The summed E-state index contributed by atoms with van der Waals surface area (Å²) in [6, 6.07) is 1.50. The van der Waals surface area contributed by atoms with E-state index in [0.29, 0.717) is 6.61 Å². The Labute approximate surface area is 88.0 Å². The van der Waals surface area contributed by atoms with Gasteiger partial charge in [-0.25, -0.2) is 4.68 Å². The minimum absolute atomic E-state index is 0.0562. The van der Waals surface area contributed by atoms with Gasteiger partial charge in [0.05, 0.1) is 6.61 Å². The van der Waals surface area contributed by atoms with E-state index in [0.717, 1.165) is 5.69 Å². The summed E-state index contributed by atoms with van der Waals surface area (Å²) in [5, 5.41) is 2.87. The van der Waals surface area contributed by atoms with Crippen LogP contribution in [0, 0.1) is 0 Å². The number of esters is 1. The molecule has 0 radical (unpaired) electrons. The van der Waals surface area contributed by atoms with Crippen molar-refractivity contribution in [1.29, 1.82) is 0 Å². The number of carbonyl (C=O) groups is 1. The molecule has 0 aliphatic rings. The molecule has 0 amide bonds. The highest BCUT2D eigenvalue weighted by Gasteiger charge is 2.09. The van der Waals surface area contributed by atoms with E-state index in [2.05, 4.69) is 5.10 Å². The Kier molecular flexibility index (Phi) is 3.71. The first kappa shape index (κ1) is 11.6. The molecule has 1 N–H and O–H groups in total. The first-order chi connectivity index (χ1) is 7.04. The van der Waals surface area contributed by atoms with Crippen molar-refractivity contribution in [3.8, 4) is 0 Å². The van der Waals surface area contributed by atoms with Gasteiger partial charge in [0, 0.05) is 11.8 Å². The number of carbonyl (C=O) groups excluding carboxylic acids is 1. The minimum atomic E-state index is -0.406. The van der Waals surface area contributed by atoms with E-state index >= 15 is 0 Å². The molecule has 0 spiro atoms. The third-order valence-corrected chi connectivity index (χ3v) is 2.02. The van der Waals surface area contributed by atoms with Gasteiger partial charge in [0.15, 0.2) is 0 Å². The van der Waals surface area contributed by atoms with Crippen LogP contribution in [0.5, 0.6) is 0 Å². The number of aromatic amines is 1. The Morgan fingerprint density at radius 3 is 2.73 bits per heavy atom. The van der Waals surface area contributed by atoms with Gasteiger partial charge in [-0.05, 0) is 12.8 Å². The number of nitrogens with zero attached hydrogens (tertiary/aromatic N) is 1. The van der Waals surface area contributed by atoms with Crippen molar-refractivity contribution in [2.45, 2.75) is 33.2 Å². The zero-order chi connectivity index (χ0) is 11.4. The molecule has 0 atom stereocenters. The molecule has 0 unspecified atom stereocenters. The number of aromatic nitrogens is 2. The van der Waals surface area contributed by atoms with Crippen molar-refractivity contribution >= 4 is 5.97 Å². The Bertz CT molecular complexity index is 390. The van der Waals surface area contributed by atoms with E-state index in [1.165, 1.54) is 10.7 Å². The second kappa shape index (κ2) is 4.82. The van der Waals surface area contributed by atoms with E-state index < -0.39 is 5.97 Å². The fourth-order valence-corrected chi connectivity index (χ4v) is 1.20. The van der Waals surface area contributed by atoms with E-state index in [-0.39, 0.29) is 18.0 Å².